The summed E-state index contributed by atoms with van der Waals surface area (Å²) in [5.41, 5.74) is 0.367. The van der Waals surface area contributed by atoms with E-state index in [-0.39, 0.29) is 34.6 Å². The number of benzene rings is 1. The molecule has 1 aliphatic rings. The summed E-state index contributed by atoms with van der Waals surface area (Å²) in [5.74, 6) is -0.375. The van der Waals surface area contributed by atoms with Gasteiger partial charge in [0.15, 0.2) is 0 Å². The lowest BCUT2D eigenvalue weighted by Gasteiger charge is -2.22. The van der Waals surface area contributed by atoms with Crippen LogP contribution in [0.5, 0.6) is 0 Å². The first kappa shape index (κ1) is 21.4. The van der Waals surface area contributed by atoms with Crippen molar-refractivity contribution < 1.29 is 13.6 Å². The molecule has 1 aliphatic heterocycles. The van der Waals surface area contributed by atoms with Gasteiger partial charge in [-0.15, -0.1) is 12.4 Å². The van der Waals surface area contributed by atoms with E-state index in [4.69, 9.17) is 16.0 Å². The Labute approximate surface area is 167 Å². The summed E-state index contributed by atoms with van der Waals surface area (Å²) in [4.78, 5) is 25.0. The second-order valence-electron chi connectivity index (χ2n) is 6.57. The lowest BCUT2D eigenvalue weighted by atomic mass is 9.95. The van der Waals surface area contributed by atoms with Crippen LogP contribution in [0, 0.1) is 19.7 Å². The maximum Gasteiger partial charge on any atom is 0.349 e. The molecular weight excluding hydrogens is 394 g/mol. The van der Waals surface area contributed by atoms with Crippen LogP contribution in [0.15, 0.2) is 27.4 Å². The molecule has 1 fully saturated rings. The molecule has 2 aromatic rings. The van der Waals surface area contributed by atoms with Gasteiger partial charge in [0.1, 0.15) is 17.1 Å². The highest BCUT2D eigenvalue weighted by Gasteiger charge is 2.23. The Kier molecular flexibility index (Phi) is 7.03. The average molecular weight is 415 g/mol. The number of aryl methyl sites for hydroxylation is 2. The van der Waals surface area contributed by atoms with Crippen LogP contribution in [0.2, 0.25) is 5.02 Å². The molecule has 1 saturated heterocycles. The number of anilines is 1. The third-order valence-electron chi connectivity index (χ3n) is 4.59. The summed E-state index contributed by atoms with van der Waals surface area (Å²) in [6.45, 7) is 4.97. The predicted octanol–water partition coefficient (Wildman–Crippen LogP) is 4.19. The van der Waals surface area contributed by atoms with Crippen LogP contribution in [-0.4, -0.2) is 19.0 Å². The molecule has 1 aromatic carbocycles. The topological polar surface area (TPSA) is 71.3 Å². The minimum Gasteiger partial charge on any atom is -0.427 e. The van der Waals surface area contributed by atoms with Crippen molar-refractivity contribution >= 4 is 35.6 Å². The van der Waals surface area contributed by atoms with E-state index in [2.05, 4.69) is 10.6 Å². The van der Waals surface area contributed by atoms with Gasteiger partial charge in [-0.25, -0.2) is 9.18 Å². The highest BCUT2D eigenvalue weighted by Crippen LogP contribution is 2.27. The van der Waals surface area contributed by atoms with E-state index in [1.54, 1.807) is 19.9 Å². The molecule has 3 rings (SSSR count). The fourth-order valence-electron chi connectivity index (χ4n) is 3.14. The van der Waals surface area contributed by atoms with Gasteiger partial charge in [0.2, 0.25) is 0 Å². The van der Waals surface area contributed by atoms with Gasteiger partial charge in [-0.2, -0.15) is 0 Å². The van der Waals surface area contributed by atoms with Gasteiger partial charge in [-0.05, 0) is 62.6 Å². The SMILES string of the molecule is Cc1cc(NC(=O)c2c(C)cc(C3CCCNC3)oc2=O)c(Cl)cc1F.Cl. The van der Waals surface area contributed by atoms with E-state index in [9.17, 15) is 14.0 Å². The van der Waals surface area contributed by atoms with Crippen molar-refractivity contribution in [2.75, 3.05) is 18.4 Å². The summed E-state index contributed by atoms with van der Waals surface area (Å²) >= 11 is 5.98. The molecule has 0 aliphatic carbocycles. The summed E-state index contributed by atoms with van der Waals surface area (Å²) in [7, 11) is 0. The second-order valence-corrected chi connectivity index (χ2v) is 6.98. The number of rotatable bonds is 3. The van der Waals surface area contributed by atoms with Crippen LogP contribution in [0.4, 0.5) is 10.1 Å². The van der Waals surface area contributed by atoms with E-state index in [1.165, 1.54) is 6.07 Å². The van der Waals surface area contributed by atoms with Crippen molar-refractivity contribution in [3.63, 3.8) is 0 Å². The van der Waals surface area contributed by atoms with Crippen molar-refractivity contribution in [1.82, 2.24) is 5.32 Å². The number of nitrogens with one attached hydrogen (secondary N) is 2. The molecule has 146 valence electrons. The van der Waals surface area contributed by atoms with Crippen LogP contribution >= 0.6 is 24.0 Å². The third kappa shape index (κ3) is 4.69. The summed E-state index contributed by atoms with van der Waals surface area (Å²) in [6.07, 6.45) is 1.95. The van der Waals surface area contributed by atoms with Gasteiger partial charge in [0.05, 0.1) is 10.7 Å². The molecule has 1 aromatic heterocycles. The molecule has 0 spiro atoms. The largest absolute Gasteiger partial charge is 0.427 e. The number of piperidine rings is 1. The van der Waals surface area contributed by atoms with E-state index >= 15 is 0 Å². The van der Waals surface area contributed by atoms with Crippen LogP contribution in [-0.2, 0) is 0 Å². The van der Waals surface area contributed by atoms with Crippen LogP contribution in [0.25, 0.3) is 0 Å². The minimum atomic E-state index is -0.682. The molecule has 1 amide bonds. The molecule has 0 bridgehead atoms. The smallest absolute Gasteiger partial charge is 0.349 e. The van der Waals surface area contributed by atoms with E-state index in [0.29, 0.717) is 16.9 Å². The van der Waals surface area contributed by atoms with E-state index in [0.717, 1.165) is 32.0 Å². The molecule has 27 heavy (non-hydrogen) atoms. The van der Waals surface area contributed by atoms with Crippen molar-refractivity contribution in [3.05, 3.63) is 61.9 Å². The van der Waals surface area contributed by atoms with Gasteiger partial charge in [0.25, 0.3) is 5.91 Å². The van der Waals surface area contributed by atoms with Crippen molar-refractivity contribution in [2.45, 2.75) is 32.6 Å². The Morgan fingerprint density at radius 3 is 2.67 bits per heavy atom. The summed E-state index contributed by atoms with van der Waals surface area (Å²) < 4.78 is 18.9. The first-order valence-corrected chi connectivity index (χ1v) is 8.87. The van der Waals surface area contributed by atoms with Gasteiger partial charge < -0.3 is 15.1 Å². The second kappa shape index (κ2) is 8.87. The van der Waals surface area contributed by atoms with Crippen molar-refractivity contribution in [1.29, 1.82) is 0 Å². The highest BCUT2D eigenvalue weighted by atomic mass is 35.5. The molecule has 1 atom stereocenters. The fourth-order valence-corrected chi connectivity index (χ4v) is 3.34. The molecule has 2 heterocycles. The van der Waals surface area contributed by atoms with Gasteiger partial charge in [-0.1, -0.05) is 11.6 Å². The Morgan fingerprint density at radius 2 is 2.04 bits per heavy atom. The lowest BCUT2D eigenvalue weighted by molar-refractivity contribution is 0.102. The number of halogens is 3. The molecule has 1 unspecified atom stereocenters. The fraction of sp³-hybridized carbons (Fsp3) is 0.368. The zero-order chi connectivity index (χ0) is 18.8. The Morgan fingerprint density at radius 1 is 1.30 bits per heavy atom. The van der Waals surface area contributed by atoms with Crippen LogP contribution in [0.3, 0.4) is 0 Å². The number of carbonyl (C=O) groups excluding carboxylic acids is 1. The standard InChI is InChI=1S/C19H20ClFN2O3.ClH/c1-10-6-15(13(20)8-14(10)21)23-18(24)17-11(2)7-16(26-19(17)25)12-4-3-5-22-9-12;/h6-8,12,22H,3-5,9H2,1-2H3,(H,23,24);1H. The number of carbonyl (C=O) groups is 1. The van der Waals surface area contributed by atoms with Crippen molar-refractivity contribution in [3.8, 4) is 0 Å². The molecule has 2 N–H and O–H groups in total. The Hall–Kier alpha value is -1.89. The van der Waals surface area contributed by atoms with Gasteiger partial charge >= 0.3 is 5.63 Å². The van der Waals surface area contributed by atoms with Crippen LogP contribution < -0.4 is 16.3 Å². The maximum absolute atomic E-state index is 13.5. The third-order valence-corrected chi connectivity index (χ3v) is 4.90. The Bertz CT molecular complexity index is 909. The highest BCUT2D eigenvalue weighted by molar-refractivity contribution is 6.34. The molecule has 5 nitrogen and oxygen atoms in total. The predicted molar refractivity (Wildman–Crippen MR) is 106 cm³/mol. The Balaban J connectivity index is 0.00000261. The van der Waals surface area contributed by atoms with Gasteiger partial charge in [0, 0.05) is 12.5 Å². The molecule has 8 heteroatoms. The number of hydrogen-bond acceptors (Lipinski definition) is 4. The lowest BCUT2D eigenvalue weighted by Crippen LogP contribution is -2.30. The van der Waals surface area contributed by atoms with Crippen molar-refractivity contribution in [2.24, 2.45) is 0 Å². The maximum atomic E-state index is 13.5. The zero-order valence-corrected chi connectivity index (χ0v) is 16.6. The minimum absolute atomic E-state index is 0. The zero-order valence-electron chi connectivity index (χ0n) is 15.0. The molecule has 0 saturated carbocycles. The van der Waals surface area contributed by atoms with Gasteiger partial charge in [-0.3, -0.25) is 4.79 Å². The average Bonchev–Trinajstić information content (AvgIpc) is 2.59. The number of hydrogen-bond donors (Lipinski definition) is 2. The molecular formula is C19H21Cl2FN2O3. The summed E-state index contributed by atoms with van der Waals surface area (Å²) in [6, 6.07) is 4.29. The first-order valence-electron chi connectivity index (χ1n) is 8.49. The van der Waals surface area contributed by atoms with Crippen LogP contribution in [0.1, 0.15) is 46.0 Å². The van der Waals surface area contributed by atoms with E-state index in [1.807, 2.05) is 0 Å². The monoisotopic (exact) mass is 414 g/mol. The quantitative estimate of drug-likeness (QED) is 0.789. The normalized spacial score (nSPS) is 16.5. The number of amides is 1. The summed E-state index contributed by atoms with van der Waals surface area (Å²) in [5, 5.41) is 5.90. The molecule has 0 radical (unpaired) electrons. The van der Waals surface area contributed by atoms with E-state index < -0.39 is 17.3 Å². The first-order chi connectivity index (χ1) is 12.4.